The van der Waals surface area contributed by atoms with Crippen molar-refractivity contribution in [3.63, 3.8) is 0 Å². The van der Waals surface area contributed by atoms with Crippen molar-refractivity contribution in [3.05, 3.63) is 96.2 Å². The van der Waals surface area contributed by atoms with Crippen LogP contribution in [-0.2, 0) is 25.5 Å². The van der Waals surface area contributed by atoms with Crippen LogP contribution in [-0.4, -0.2) is 51.5 Å². The minimum atomic E-state index is -1.17. The van der Waals surface area contributed by atoms with Crippen molar-refractivity contribution in [1.82, 2.24) is 20.3 Å². The quantitative estimate of drug-likeness (QED) is 0.0328. The first-order chi connectivity index (χ1) is 31.1. The van der Waals surface area contributed by atoms with Crippen molar-refractivity contribution < 1.29 is 29.0 Å². The number of carbonyl (C=O) groups excluding carboxylic acids is 3. The van der Waals surface area contributed by atoms with Gasteiger partial charge < -0.3 is 34.8 Å². The minimum absolute atomic E-state index is 0.130. The van der Waals surface area contributed by atoms with Crippen LogP contribution in [0, 0.1) is 56.3 Å². The second-order valence-electron chi connectivity index (χ2n) is 19.8. The molecule has 10 nitrogen and oxygen atoms in total. The highest BCUT2D eigenvalue weighted by Crippen LogP contribution is 2.48. The lowest BCUT2D eigenvalue weighted by Gasteiger charge is -2.19. The van der Waals surface area contributed by atoms with Gasteiger partial charge in [0.25, 0.3) is 0 Å². The number of aromatic nitrogens is 3. The van der Waals surface area contributed by atoms with Gasteiger partial charge in [0.2, 0.25) is 0 Å². The Kier molecular flexibility index (Phi) is 16.5. The number of hydrogen-bond acceptors (Lipinski definition) is 7. The molecule has 0 aromatic carbocycles. The summed E-state index contributed by atoms with van der Waals surface area (Å²) in [6.45, 7) is 22.0. The molecule has 5 heterocycles. The number of aliphatic hydroxyl groups excluding tert-OH is 1. The van der Waals surface area contributed by atoms with Crippen molar-refractivity contribution in [1.29, 1.82) is 0 Å². The Balaban J connectivity index is 1.23. The zero-order chi connectivity index (χ0) is 47.1. The number of ketones is 1. The first-order valence-corrected chi connectivity index (χ1v) is 24.4. The molecule has 5 N–H and O–H groups in total. The van der Waals surface area contributed by atoms with Gasteiger partial charge in [0.1, 0.15) is 12.5 Å². The molecule has 8 bridgehead atoms. The molecule has 3 aromatic rings. The van der Waals surface area contributed by atoms with Crippen LogP contribution in [0.3, 0.4) is 0 Å². The van der Waals surface area contributed by atoms with Gasteiger partial charge in [-0.2, -0.15) is 0 Å². The molecule has 0 saturated carbocycles. The maximum absolute atomic E-state index is 14.4. The number of aliphatic hydroxyl groups is 1. The summed E-state index contributed by atoms with van der Waals surface area (Å²) in [4.78, 5) is 52.3. The fraction of sp³-hybridized carbons (Fsp3) is 0.545. The van der Waals surface area contributed by atoms with E-state index in [0.29, 0.717) is 29.2 Å². The number of esters is 2. The Morgan fingerprint density at radius 1 is 0.831 bits per heavy atom. The number of aromatic amines is 3. The van der Waals surface area contributed by atoms with E-state index in [1.165, 1.54) is 57.6 Å². The van der Waals surface area contributed by atoms with E-state index in [-0.39, 0.29) is 36.6 Å². The lowest BCUT2D eigenvalue weighted by Crippen LogP contribution is -2.25. The highest BCUT2D eigenvalue weighted by molar-refractivity contribution is 6.24. The molecular formula is C55H76N4O6. The van der Waals surface area contributed by atoms with Gasteiger partial charge in [0, 0.05) is 74.1 Å². The Morgan fingerprint density at radius 2 is 1.49 bits per heavy atom. The first-order valence-electron chi connectivity index (χ1n) is 24.4. The lowest BCUT2D eigenvalue weighted by molar-refractivity contribution is -0.143. The van der Waals surface area contributed by atoms with E-state index >= 15 is 0 Å². The van der Waals surface area contributed by atoms with Gasteiger partial charge >= 0.3 is 11.9 Å². The fourth-order valence-corrected chi connectivity index (χ4v) is 10.5. The number of fused-ring (bicyclic) bond motifs is 7. The molecule has 3 aromatic heterocycles. The van der Waals surface area contributed by atoms with Crippen molar-refractivity contribution in [2.75, 3.05) is 13.7 Å². The third-order valence-electron chi connectivity index (χ3n) is 14.6. The summed E-state index contributed by atoms with van der Waals surface area (Å²) in [7, 11) is 1.31. The van der Waals surface area contributed by atoms with E-state index in [4.69, 9.17) is 9.47 Å². The van der Waals surface area contributed by atoms with E-state index in [1.807, 2.05) is 26.0 Å². The summed E-state index contributed by atoms with van der Waals surface area (Å²) in [6, 6.07) is 0. The molecular weight excluding hydrogens is 813 g/mol. The SMILES string of the molecule is CCc1c(C)/c2[nH]/c1=C\c1[nH]c3c(c1C)C(=O)[C@H](C(=O)OC)/C3=C1/N/C(=C\c3[nH]c(c(/C=C\O)c3C)\C=2)[C@@H](C)[C@@H]1CCC(=O)OC/C=C(\C)CCC[C@H](C)CCC[C@H](C)CCCC(C)C. The van der Waals surface area contributed by atoms with Crippen molar-refractivity contribution >= 4 is 47.6 Å². The molecule has 10 heteroatoms. The molecule has 1 saturated heterocycles. The third kappa shape index (κ3) is 11.1. The second kappa shape index (κ2) is 21.8. The number of rotatable bonds is 20. The Morgan fingerprint density at radius 3 is 2.15 bits per heavy atom. The molecule has 0 unspecified atom stereocenters. The largest absolute Gasteiger partial charge is 0.516 e. The van der Waals surface area contributed by atoms with Gasteiger partial charge in [-0.3, -0.25) is 14.4 Å². The summed E-state index contributed by atoms with van der Waals surface area (Å²) >= 11 is 0. The van der Waals surface area contributed by atoms with Crippen LogP contribution in [0.1, 0.15) is 180 Å². The van der Waals surface area contributed by atoms with Gasteiger partial charge in [0.15, 0.2) is 5.78 Å². The zero-order valence-electron chi connectivity index (χ0n) is 41.1. The van der Waals surface area contributed by atoms with Crippen LogP contribution >= 0.6 is 0 Å². The van der Waals surface area contributed by atoms with Gasteiger partial charge in [0.05, 0.1) is 19.1 Å². The topological polar surface area (TPSA) is 149 Å². The van der Waals surface area contributed by atoms with Crippen LogP contribution in [0.15, 0.2) is 29.3 Å². The molecule has 0 amide bonds. The number of ether oxygens (including phenoxy) is 2. The first kappa shape index (κ1) is 49.2. The molecule has 1 fully saturated rings. The number of H-pyrrole nitrogens is 3. The van der Waals surface area contributed by atoms with Crippen molar-refractivity contribution in [2.24, 2.45) is 35.5 Å². The standard InChI is InChI=1S/C55H76N4O6/c1-12-39-35(7)43-29-47-40(24-26-60)36(8)42(57-47)28-44-37(9)41(52(58-44)50-51(55(63)64-11)54(62)49-38(10)45(59-53(49)50)30-46(39)56-43)22-23-48(61)65-27-25-34(6)21-15-20-33(5)19-14-18-32(4)17-13-16-31(2)3/h24-26,28-33,37,41,51,56-60H,12-23,27H2,1-11H3/b26-24-,34-25+,43-29-,44-28-,46-30-,52-50-/t32-,33-,37+,41+,51-/m1/s1. The Bertz CT molecular complexity index is 2480. The number of allylic oxidation sites excluding steroid dienone is 3. The van der Waals surface area contributed by atoms with E-state index in [0.717, 1.165) is 104 Å². The van der Waals surface area contributed by atoms with Gasteiger partial charge in [-0.15, -0.1) is 0 Å². The van der Waals surface area contributed by atoms with Crippen molar-refractivity contribution in [3.8, 4) is 0 Å². The average Bonchev–Trinajstić information content (AvgIpc) is 4.00. The number of Topliss-reactive ketones (excluding diaryl/α,β-unsaturated/α-hetero) is 1. The van der Waals surface area contributed by atoms with Crippen LogP contribution < -0.4 is 16.0 Å². The van der Waals surface area contributed by atoms with Crippen LogP contribution in [0.5, 0.6) is 0 Å². The van der Waals surface area contributed by atoms with E-state index in [9.17, 15) is 19.5 Å². The van der Waals surface area contributed by atoms with Gasteiger partial charge in [-0.05, 0) is 124 Å². The fourth-order valence-electron chi connectivity index (χ4n) is 10.5. The number of methoxy groups -OCH3 is 1. The third-order valence-corrected chi connectivity index (χ3v) is 14.6. The summed E-state index contributed by atoms with van der Waals surface area (Å²) in [5, 5.41) is 15.5. The Hall–Kier alpha value is -5.25. The molecule has 3 aliphatic rings. The number of nitrogens with one attached hydrogen (secondary N) is 4. The lowest BCUT2D eigenvalue weighted by atomic mass is 9.85. The van der Waals surface area contributed by atoms with Crippen LogP contribution in [0.2, 0.25) is 0 Å². The molecule has 0 radical (unpaired) electrons. The predicted molar refractivity (Wildman–Crippen MR) is 263 cm³/mol. The van der Waals surface area contributed by atoms with E-state index in [1.54, 1.807) is 6.08 Å². The highest BCUT2D eigenvalue weighted by atomic mass is 16.5. The van der Waals surface area contributed by atoms with Gasteiger partial charge in [-0.1, -0.05) is 92.1 Å². The monoisotopic (exact) mass is 889 g/mol. The van der Waals surface area contributed by atoms with E-state index < -0.39 is 11.9 Å². The normalized spacial score (nSPS) is 22.0. The minimum Gasteiger partial charge on any atom is -0.516 e. The smallest absolute Gasteiger partial charge is 0.321 e. The molecule has 65 heavy (non-hydrogen) atoms. The maximum Gasteiger partial charge on any atom is 0.321 e. The molecule has 2 aliphatic heterocycles. The van der Waals surface area contributed by atoms with E-state index in [2.05, 4.69) is 87.8 Å². The number of hydrogen-bond donors (Lipinski definition) is 5. The molecule has 6 rings (SSSR count). The summed E-state index contributed by atoms with van der Waals surface area (Å²) in [5.74, 6) is -0.449. The van der Waals surface area contributed by atoms with Crippen molar-refractivity contribution in [2.45, 2.75) is 146 Å². The predicted octanol–water partition coefficient (Wildman–Crippen LogP) is 11.0. The Labute approximate surface area is 387 Å². The summed E-state index contributed by atoms with van der Waals surface area (Å²) < 4.78 is 11.1. The highest BCUT2D eigenvalue weighted by Gasteiger charge is 2.48. The zero-order valence-corrected chi connectivity index (χ0v) is 41.1. The molecule has 352 valence electrons. The average molecular weight is 889 g/mol. The van der Waals surface area contributed by atoms with Crippen LogP contribution in [0.25, 0.3) is 29.9 Å². The van der Waals surface area contributed by atoms with Crippen LogP contribution in [0.4, 0.5) is 0 Å². The maximum atomic E-state index is 14.4. The summed E-state index contributed by atoms with van der Waals surface area (Å²) in [5.41, 5.74) is 11.7. The molecule has 1 aliphatic carbocycles. The molecule has 5 atom stereocenters. The van der Waals surface area contributed by atoms with Gasteiger partial charge in [-0.25, -0.2) is 0 Å². The summed E-state index contributed by atoms with van der Waals surface area (Å²) in [6.07, 6.45) is 23.6. The number of carbonyl (C=O) groups is 3. The molecule has 0 spiro atoms. The second-order valence-corrected chi connectivity index (χ2v) is 19.8.